The van der Waals surface area contributed by atoms with Gasteiger partial charge in [-0.15, -0.1) is 0 Å². The molecule has 0 spiro atoms. The van der Waals surface area contributed by atoms with Crippen LogP contribution in [0.4, 0.5) is 5.69 Å². The van der Waals surface area contributed by atoms with Crippen molar-refractivity contribution in [3.8, 4) is 0 Å². The molecule has 0 saturated heterocycles. The molecule has 3 N–H and O–H groups in total. The Balaban J connectivity index is 2.27. The Bertz CT molecular complexity index is 551. The molecule has 6 heteroatoms. The zero-order valence-electron chi connectivity index (χ0n) is 10.2. The molecule has 1 saturated carbocycles. The highest BCUT2D eigenvalue weighted by atomic mass is 79.9. The number of nitrogen functional groups attached to an aromatic ring is 1. The average Bonchev–Trinajstić information content (AvgIpc) is 2.67. The molecule has 0 unspecified atom stereocenters. The number of hydrogen-bond acceptors (Lipinski definition) is 3. The Kier molecular flexibility index (Phi) is 3.71. The van der Waals surface area contributed by atoms with E-state index in [1.54, 1.807) is 12.1 Å². The SMILES string of the molecule is CC1(NS(=O)(=O)c2ccc(Br)c(N)c2)CCCC1. The minimum Gasteiger partial charge on any atom is -0.398 e. The summed E-state index contributed by atoms with van der Waals surface area (Å²) >= 11 is 3.25. The lowest BCUT2D eigenvalue weighted by atomic mass is 10.0. The van der Waals surface area contributed by atoms with Gasteiger partial charge < -0.3 is 5.73 Å². The van der Waals surface area contributed by atoms with E-state index in [0.717, 1.165) is 25.7 Å². The van der Waals surface area contributed by atoms with Gasteiger partial charge in [-0.05, 0) is 53.9 Å². The molecule has 1 aromatic rings. The number of hydrogen-bond donors (Lipinski definition) is 2. The normalized spacial score (nSPS) is 19.0. The summed E-state index contributed by atoms with van der Waals surface area (Å²) in [6.07, 6.45) is 3.92. The number of sulfonamides is 1. The van der Waals surface area contributed by atoms with Gasteiger partial charge in [-0.3, -0.25) is 0 Å². The molecule has 1 aliphatic rings. The molecule has 0 aliphatic heterocycles. The van der Waals surface area contributed by atoms with Crippen LogP contribution in [-0.2, 0) is 10.0 Å². The van der Waals surface area contributed by atoms with Crippen molar-refractivity contribution in [2.45, 2.75) is 43.0 Å². The minimum absolute atomic E-state index is 0.219. The molecule has 100 valence electrons. The molecular formula is C12H17BrN2O2S. The monoisotopic (exact) mass is 332 g/mol. The largest absolute Gasteiger partial charge is 0.398 e. The molecule has 2 rings (SSSR count). The second-order valence-corrected chi connectivity index (χ2v) is 7.59. The van der Waals surface area contributed by atoms with Crippen LogP contribution >= 0.6 is 15.9 Å². The molecule has 0 atom stereocenters. The second-order valence-electron chi connectivity index (χ2n) is 5.06. The predicted octanol–water partition coefficient (Wildman–Crippen LogP) is 2.64. The van der Waals surface area contributed by atoms with Crippen LogP contribution in [0, 0.1) is 0 Å². The van der Waals surface area contributed by atoms with Gasteiger partial charge in [0.25, 0.3) is 0 Å². The van der Waals surface area contributed by atoms with E-state index < -0.39 is 10.0 Å². The number of nitrogens with one attached hydrogen (secondary N) is 1. The van der Waals surface area contributed by atoms with E-state index in [1.807, 2.05) is 6.92 Å². The lowest BCUT2D eigenvalue weighted by molar-refractivity contribution is 0.427. The van der Waals surface area contributed by atoms with Crippen LogP contribution in [0.3, 0.4) is 0 Å². The summed E-state index contributed by atoms with van der Waals surface area (Å²) in [7, 11) is -3.49. The molecule has 18 heavy (non-hydrogen) atoms. The van der Waals surface area contributed by atoms with E-state index in [1.165, 1.54) is 6.07 Å². The summed E-state index contributed by atoms with van der Waals surface area (Å²) in [6, 6.07) is 4.69. The van der Waals surface area contributed by atoms with Crippen molar-refractivity contribution in [1.29, 1.82) is 0 Å². The van der Waals surface area contributed by atoms with E-state index in [-0.39, 0.29) is 10.4 Å². The minimum atomic E-state index is -3.49. The van der Waals surface area contributed by atoms with Gasteiger partial charge in [0.1, 0.15) is 0 Å². The highest BCUT2D eigenvalue weighted by Gasteiger charge is 2.33. The van der Waals surface area contributed by atoms with Gasteiger partial charge in [0, 0.05) is 15.7 Å². The number of nitrogens with two attached hydrogens (primary N) is 1. The number of halogens is 1. The van der Waals surface area contributed by atoms with Crippen molar-refractivity contribution < 1.29 is 8.42 Å². The highest BCUT2D eigenvalue weighted by Crippen LogP contribution is 2.31. The van der Waals surface area contributed by atoms with Crippen molar-refractivity contribution >= 4 is 31.6 Å². The first-order valence-electron chi connectivity index (χ1n) is 5.91. The summed E-state index contributed by atoms with van der Waals surface area (Å²) in [5.41, 5.74) is 5.83. The van der Waals surface area contributed by atoms with Gasteiger partial charge in [-0.1, -0.05) is 12.8 Å². The summed E-state index contributed by atoms with van der Waals surface area (Å²) in [4.78, 5) is 0.219. The number of benzene rings is 1. The molecule has 1 fully saturated rings. The fourth-order valence-corrected chi connectivity index (χ4v) is 4.08. The van der Waals surface area contributed by atoms with Gasteiger partial charge in [0.2, 0.25) is 10.0 Å². The summed E-state index contributed by atoms with van der Waals surface area (Å²) in [5.74, 6) is 0. The standard InChI is InChI=1S/C12H17BrN2O2S/c1-12(6-2-3-7-12)15-18(16,17)9-4-5-10(13)11(14)8-9/h4-5,8,15H,2-3,6-7,14H2,1H3. The van der Waals surface area contributed by atoms with Gasteiger partial charge >= 0.3 is 0 Å². The number of anilines is 1. The third-order valence-electron chi connectivity index (χ3n) is 3.37. The van der Waals surface area contributed by atoms with Gasteiger partial charge in [-0.2, -0.15) is 0 Å². The Morgan fingerprint density at radius 3 is 2.50 bits per heavy atom. The lowest BCUT2D eigenvalue weighted by Crippen LogP contribution is -2.43. The molecule has 0 radical (unpaired) electrons. The van der Waals surface area contributed by atoms with Crippen molar-refractivity contribution in [2.75, 3.05) is 5.73 Å². The van der Waals surface area contributed by atoms with Crippen LogP contribution in [0.1, 0.15) is 32.6 Å². The quantitative estimate of drug-likeness (QED) is 0.836. The Morgan fingerprint density at radius 1 is 1.33 bits per heavy atom. The molecule has 1 aliphatic carbocycles. The summed E-state index contributed by atoms with van der Waals surface area (Å²) in [5, 5.41) is 0. The van der Waals surface area contributed by atoms with Gasteiger partial charge in [-0.25, -0.2) is 13.1 Å². The predicted molar refractivity (Wildman–Crippen MR) is 75.7 cm³/mol. The Morgan fingerprint density at radius 2 is 1.94 bits per heavy atom. The van der Waals surface area contributed by atoms with Crippen LogP contribution < -0.4 is 10.5 Å². The Labute approximate surface area is 116 Å². The van der Waals surface area contributed by atoms with Gasteiger partial charge in [0.15, 0.2) is 0 Å². The van der Waals surface area contributed by atoms with Crippen molar-refractivity contribution in [2.24, 2.45) is 0 Å². The lowest BCUT2D eigenvalue weighted by Gasteiger charge is -2.25. The topological polar surface area (TPSA) is 72.2 Å². The molecule has 0 amide bonds. The fraction of sp³-hybridized carbons (Fsp3) is 0.500. The zero-order valence-corrected chi connectivity index (χ0v) is 12.6. The van der Waals surface area contributed by atoms with Crippen LogP contribution in [0.5, 0.6) is 0 Å². The summed E-state index contributed by atoms with van der Waals surface area (Å²) in [6.45, 7) is 1.96. The van der Waals surface area contributed by atoms with Crippen molar-refractivity contribution in [1.82, 2.24) is 4.72 Å². The van der Waals surface area contributed by atoms with Crippen LogP contribution in [-0.4, -0.2) is 14.0 Å². The van der Waals surface area contributed by atoms with E-state index in [9.17, 15) is 8.42 Å². The van der Waals surface area contributed by atoms with E-state index in [4.69, 9.17) is 5.73 Å². The van der Waals surface area contributed by atoms with E-state index >= 15 is 0 Å². The van der Waals surface area contributed by atoms with Crippen LogP contribution in [0.25, 0.3) is 0 Å². The third kappa shape index (κ3) is 2.87. The third-order valence-corrected chi connectivity index (χ3v) is 5.72. The van der Waals surface area contributed by atoms with E-state index in [0.29, 0.717) is 10.2 Å². The maximum atomic E-state index is 12.3. The molecular weight excluding hydrogens is 316 g/mol. The maximum Gasteiger partial charge on any atom is 0.241 e. The van der Waals surface area contributed by atoms with E-state index in [2.05, 4.69) is 20.7 Å². The first-order chi connectivity index (χ1) is 8.32. The molecule has 0 aromatic heterocycles. The molecule has 4 nitrogen and oxygen atoms in total. The van der Waals surface area contributed by atoms with Crippen molar-refractivity contribution in [3.05, 3.63) is 22.7 Å². The summed E-state index contributed by atoms with van der Waals surface area (Å²) < 4.78 is 28.0. The second kappa shape index (κ2) is 4.83. The average molecular weight is 333 g/mol. The van der Waals surface area contributed by atoms with Gasteiger partial charge in [0.05, 0.1) is 4.90 Å². The number of rotatable bonds is 3. The maximum absolute atomic E-state index is 12.3. The highest BCUT2D eigenvalue weighted by molar-refractivity contribution is 9.10. The zero-order chi connectivity index (χ0) is 13.4. The van der Waals surface area contributed by atoms with Crippen LogP contribution in [0.2, 0.25) is 0 Å². The van der Waals surface area contributed by atoms with Crippen molar-refractivity contribution in [3.63, 3.8) is 0 Å². The van der Waals surface area contributed by atoms with Crippen LogP contribution in [0.15, 0.2) is 27.6 Å². The molecule has 0 bridgehead atoms. The smallest absolute Gasteiger partial charge is 0.241 e. The first-order valence-corrected chi connectivity index (χ1v) is 8.19. The fourth-order valence-electron chi connectivity index (χ4n) is 2.33. The first kappa shape index (κ1) is 13.8. The molecule has 0 heterocycles. The Hall–Kier alpha value is -0.590. The molecule has 1 aromatic carbocycles.